The molecule has 0 fully saturated rings. The van der Waals surface area contributed by atoms with Crippen molar-refractivity contribution in [2.45, 2.75) is 18.9 Å². The summed E-state index contributed by atoms with van der Waals surface area (Å²) in [6.45, 7) is 0. The summed E-state index contributed by atoms with van der Waals surface area (Å²) in [6.07, 6.45) is 5.58. The molecular weight excluding hydrogens is 274 g/mol. The number of rotatable bonds is 3. The van der Waals surface area contributed by atoms with Crippen LogP contribution in [0.2, 0.25) is 0 Å². The molecule has 0 saturated heterocycles. The van der Waals surface area contributed by atoms with Gasteiger partial charge in [-0.2, -0.15) is 0 Å². The van der Waals surface area contributed by atoms with Gasteiger partial charge in [-0.25, -0.2) is 0 Å². The van der Waals surface area contributed by atoms with Crippen molar-refractivity contribution in [3.63, 3.8) is 0 Å². The standard InChI is InChI=1S/C15H17NO3S/c1-18-14(17)12-9-5-6-10-13(12)16-15(20)19-11-7-3-2-4-8-11/h2-4,6-8,10,12-13H,5,9H2,1H3,(H,16,20). The summed E-state index contributed by atoms with van der Waals surface area (Å²) in [7, 11) is 1.40. The van der Waals surface area contributed by atoms with Crippen molar-refractivity contribution >= 4 is 23.4 Å². The minimum Gasteiger partial charge on any atom is -0.469 e. The lowest BCUT2D eigenvalue weighted by Gasteiger charge is -2.26. The van der Waals surface area contributed by atoms with Crippen LogP contribution in [0, 0.1) is 5.92 Å². The Kier molecular flexibility index (Phi) is 5.12. The van der Waals surface area contributed by atoms with Crippen LogP contribution >= 0.6 is 12.2 Å². The van der Waals surface area contributed by atoms with E-state index in [0.717, 1.165) is 12.8 Å². The summed E-state index contributed by atoms with van der Waals surface area (Å²) < 4.78 is 10.3. The van der Waals surface area contributed by atoms with Gasteiger partial charge in [-0.3, -0.25) is 4.79 Å². The molecule has 2 unspecified atom stereocenters. The van der Waals surface area contributed by atoms with Crippen LogP contribution in [0.25, 0.3) is 0 Å². The van der Waals surface area contributed by atoms with Gasteiger partial charge in [0, 0.05) is 0 Å². The Labute approximate surface area is 123 Å². The highest BCUT2D eigenvalue weighted by molar-refractivity contribution is 7.80. The maximum absolute atomic E-state index is 11.7. The Morgan fingerprint density at radius 3 is 2.80 bits per heavy atom. The number of hydrogen-bond donors (Lipinski definition) is 1. The minimum atomic E-state index is -0.234. The van der Waals surface area contributed by atoms with Crippen molar-refractivity contribution in [2.75, 3.05) is 7.11 Å². The van der Waals surface area contributed by atoms with Crippen molar-refractivity contribution in [3.05, 3.63) is 42.5 Å². The van der Waals surface area contributed by atoms with Crippen LogP contribution in [0.5, 0.6) is 5.75 Å². The van der Waals surface area contributed by atoms with Crippen LogP contribution in [0.1, 0.15) is 12.8 Å². The van der Waals surface area contributed by atoms with E-state index in [1.54, 1.807) is 0 Å². The first-order chi connectivity index (χ1) is 9.70. The topological polar surface area (TPSA) is 47.6 Å². The van der Waals surface area contributed by atoms with Gasteiger partial charge in [-0.1, -0.05) is 30.4 Å². The van der Waals surface area contributed by atoms with Crippen LogP contribution in [0.3, 0.4) is 0 Å². The molecule has 1 aliphatic rings. The van der Waals surface area contributed by atoms with Crippen molar-refractivity contribution in [1.82, 2.24) is 5.32 Å². The quantitative estimate of drug-likeness (QED) is 0.526. The maximum atomic E-state index is 11.7. The smallest absolute Gasteiger partial charge is 0.311 e. The zero-order chi connectivity index (χ0) is 14.4. The molecule has 106 valence electrons. The summed E-state index contributed by atoms with van der Waals surface area (Å²) in [5.41, 5.74) is 0. The van der Waals surface area contributed by atoms with E-state index < -0.39 is 0 Å². The molecule has 0 bridgehead atoms. The second-order valence-corrected chi connectivity index (χ2v) is 4.88. The van der Waals surface area contributed by atoms with E-state index >= 15 is 0 Å². The summed E-state index contributed by atoms with van der Waals surface area (Å²) in [6, 6.07) is 9.10. The highest BCUT2D eigenvalue weighted by Crippen LogP contribution is 2.20. The van der Waals surface area contributed by atoms with Crippen LogP contribution < -0.4 is 10.1 Å². The van der Waals surface area contributed by atoms with Crippen molar-refractivity contribution < 1.29 is 14.3 Å². The molecular formula is C15H17NO3S. The summed E-state index contributed by atoms with van der Waals surface area (Å²) in [5.74, 6) is 0.205. The lowest BCUT2D eigenvalue weighted by molar-refractivity contribution is -0.146. The third-order valence-electron chi connectivity index (χ3n) is 3.16. The summed E-state index contributed by atoms with van der Waals surface area (Å²) >= 11 is 5.17. The molecule has 2 rings (SSSR count). The van der Waals surface area contributed by atoms with Gasteiger partial charge in [0.25, 0.3) is 5.17 Å². The third-order valence-corrected chi connectivity index (χ3v) is 3.36. The second kappa shape index (κ2) is 7.05. The first kappa shape index (κ1) is 14.5. The van der Waals surface area contributed by atoms with Crippen molar-refractivity contribution in [1.29, 1.82) is 0 Å². The minimum absolute atomic E-state index is 0.188. The molecule has 5 heteroatoms. The fraction of sp³-hybridized carbons (Fsp3) is 0.333. The van der Waals surface area contributed by atoms with Gasteiger partial charge >= 0.3 is 5.97 Å². The second-order valence-electron chi connectivity index (χ2n) is 4.51. The fourth-order valence-corrected chi connectivity index (χ4v) is 2.39. The molecule has 0 aromatic heterocycles. The molecule has 1 aromatic rings. The molecule has 0 amide bonds. The molecule has 1 aliphatic carbocycles. The first-order valence-corrected chi connectivity index (χ1v) is 6.89. The molecule has 4 nitrogen and oxygen atoms in total. The maximum Gasteiger partial charge on any atom is 0.311 e. The molecule has 0 radical (unpaired) electrons. The lowest BCUT2D eigenvalue weighted by atomic mass is 9.90. The number of thiocarbonyl (C=S) groups is 1. The van der Waals surface area contributed by atoms with Crippen LogP contribution in [0.4, 0.5) is 0 Å². The number of carbonyl (C=O) groups is 1. The average molecular weight is 291 g/mol. The number of esters is 1. The van der Waals surface area contributed by atoms with Gasteiger partial charge in [0.2, 0.25) is 0 Å². The highest BCUT2D eigenvalue weighted by Gasteiger charge is 2.29. The zero-order valence-electron chi connectivity index (χ0n) is 11.2. The van der Waals surface area contributed by atoms with E-state index in [1.807, 2.05) is 42.5 Å². The number of nitrogens with one attached hydrogen (secondary N) is 1. The van der Waals surface area contributed by atoms with E-state index in [2.05, 4.69) is 5.32 Å². The van der Waals surface area contributed by atoms with Crippen LogP contribution in [-0.4, -0.2) is 24.3 Å². The number of allylic oxidation sites excluding steroid dienone is 1. The van der Waals surface area contributed by atoms with E-state index in [0.29, 0.717) is 5.75 Å². The number of para-hydroxylation sites is 1. The van der Waals surface area contributed by atoms with Gasteiger partial charge < -0.3 is 14.8 Å². The van der Waals surface area contributed by atoms with E-state index in [9.17, 15) is 4.79 Å². The van der Waals surface area contributed by atoms with Crippen LogP contribution in [0.15, 0.2) is 42.5 Å². The summed E-state index contributed by atoms with van der Waals surface area (Å²) in [4.78, 5) is 11.7. The lowest BCUT2D eigenvalue weighted by Crippen LogP contribution is -2.44. The number of hydrogen-bond acceptors (Lipinski definition) is 4. The average Bonchev–Trinajstić information content (AvgIpc) is 2.48. The van der Waals surface area contributed by atoms with Gasteiger partial charge in [0.1, 0.15) is 5.75 Å². The third kappa shape index (κ3) is 3.81. The van der Waals surface area contributed by atoms with Gasteiger partial charge in [0.05, 0.1) is 19.1 Å². The van der Waals surface area contributed by atoms with E-state index in [4.69, 9.17) is 21.7 Å². The van der Waals surface area contributed by atoms with Gasteiger partial charge in [-0.05, 0) is 37.2 Å². The van der Waals surface area contributed by atoms with Crippen molar-refractivity contribution in [3.8, 4) is 5.75 Å². The molecule has 1 aromatic carbocycles. The van der Waals surface area contributed by atoms with E-state index in [-0.39, 0.29) is 23.1 Å². The Morgan fingerprint density at radius 2 is 2.10 bits per heavy atom. The molecule has 1 N–H and O–H groups in total. The Balaban J connectivity index is 1.96. The van der Waals surface area contributed by atoms with Gasteiger partial charge in [-0.15, -0.1) is 0 Å². The number of carbonyl (C=O) groups excluding carboxylic acids is 1. The fourth-order valence-electron chi connectivity index (χ4n) is 2.16. The molecule has 0 saturated carbocycles. The molecule has 20 heavy (non-hydrogen) atoms. The largest absolute Gasteiger partial charge is 0.469 e. The Morgan fingerprint density at radius 1 is 1.35 bits per heavy atom. The number of methoxy groups -OCH3 is 1. The molecule has 0 heterocycles. The Bertz CT molecular complexity index is 501. The highest BCUT2D eigenvalue weighted by atomic mass is 32.1. The van der Waals surface area contributed by atoms with Crippen LogP contribution in [-0.2, 0) is 9.53 Å². The number of benzene rings is 1. The van der Waals surface area contributed by atoms with E-state index in [1.165, 1.54) is 7.11 Å². The molecule has 0 aliphatic heterocycles. The first-order valence-electron chi connectivity index (χ1n) is 6.48. The summed E-state index contributed by atoms with van der Waals surface area (Å²) in [5, 5.41) is 3.31. The molecule has 0 spiro atoms. The Hall–Kier alpha value is -1.88. The predicted molar refractivity (Wildman–Crippen MR) is 80.5 cm³/mol. The predicted octanol–water partition coefficient (Wildman–Crippen LogP) is 2.45. The van der Waals surface area contributed by atoms with Gasteiger partial charge in [0.15, 0.2) is 0 Å². The SMILES string of the molecule is COC(=O)C1CCC=CC1NC(=S)Oc1ccccc1. The number of ether oxygens (including phenoxy) is 2. The molecule has 2 atom stereocenters. The normalized spacial score (nSPS) is 21.1. The zero-order valence-corrected chi connectivity index (χ0v) is 12.1. The monoisotopic (exact) mass is 291 g/mol. The van der Waals surface area contributed by atoms with Crippen molar-refractivity contribution in [2.24, 2.45) is 5.92 Å².